The van der Waals surface area contributed by atoms with Crippen LogP contribution in [0.2, 0.25) is 0 Å². The van der Waals surface area contributed by atoms with Gasteiger partial charge in [-0.15, -0.1) is 0 Å². The summed E-state index contributed by atoms with van der Waals surface area (Å²) in [5, 5.41) is 4.24. The summed E-state index contributed by atoms with van der Waals surface area (Å²) in [4.78, 5) is 11.1. The quantitative estimate of drug-likeness (QED) is 0.862. The van der Waals surface area contributed by atoms with E-state index in [1.165, 1.54) is 4.68 Å². The van der Waals surface area contributed by atoms with Gasteiger partial charge in [0.25, 0.3) is 5.91 Å². The molecule has 1 aromatic heterocycles. The van der Waals surface area contributed by atoms with E-state index in [1.54, 1.807) is 20.2 Å². The number of aryl methyl sites for hydroxylation is 1. The number of aromatic nitrogens is 2. The highest BCUT2D eigenvalue weighted by Crippen LogP contribution is 2.23. The summed E-state index contributed by atoms with van der Waals surface area (Å²) in [6.07, 6.45) is 0. The van der Waals surface area contributed by atoms with Gasteiger partial charge in [-0.05, 0) is 18.2 Å². The summed E-state index contributed by atoms with van der Waals surface area (Å²) in [6, 6.07) is 9.13. The zero-order valence-corrected chi connectivity index (χ0v) is 9.68. The maximum absolute atomic E-state index is 11.1. The van der Waals surface area contributed by atoms with Crippen molar-refractivity contribution in [2.45, 2.75) is 0 Å². The van der Waals surface area contributed by atoms with Crippen molar-refractivity contribution in [3.05, 3.63) is 36.0 Å². The van der Waals surface area contributed by atoms with Crippen molar-refractivity contribution in [3.8, 4) is 17.0 Å². The molecule has 0 aliphatic rings. The molecule has 0 spiro atoms. The predicted molar refractivity (Wildman–Crippen MR) is 63.7 cm³/mol. The highest BCUT2D eigenvalue weighted by atomic mass is 16.5. The average molecular weight is 231 g/mol. The number of benzene rings is 1. The number of ether oxygens (including phenoxy) is 1. The minimum Gasteiger partial charge on any atom is -0.497 e. The summed E-state index contributed by atoms with van der Waals surface area (Å²) in [5.74, 6) is 0.253. The predicted octanol–water partition coefficient (Wildman–Crippen LogP) is 1.19. The molecule has 2 N–H and O–H groups in total. The highest BCUT2D eigenvalue weighted by Gasteiger charge is 2.11. The van der Waals surface area contributed by atoms with Gasteiger partial charge in [-0.2, -0.15) is 5.10 Å². The lowest BCUT2D eigenvalue weighted by Crippen LogP contribution is -2.15. The number of carbonyl (C=O) groups excluding carboxylic acids is 1. The van der Waals surface area contributed by atoms with Gasteiger partial charge < -0.3 is 10.5 Å². The molecule has 5 nitrogen and oxygen atoms in total. The lowest BCUT2D eigenvalue weighted by molar-refractivity contribution is 0.0991. The number of hydrogen-bond donors (Lipinski definition) is 1. The molecular formula is C12H13N3O2. The van der Waals surface area contributed by atoms with Gasteiger partial charge in [-0.3, -0.25) is 9.48 Å². The van der Waals surface area contributed by atoms with Gasteiger partial charge in [0.15, 0.2) is 0 Å². The monoisotopic (exact) mass is 231 g/mol. The standard InChI is InChI=1S/C12H13N3O2/c1-15-11(12(13)16)7-10(14-15)8-4-3-5-9(6-8)17-2/h3-7H,1-2H3,(H2,13,16). The van der Waals surface area contributed by atoms with Crippen molar-refractivity contribution in [2.75, 3.05) is 7.11 Å². The molecule has 2 aromatic rings. The first-order chi connectivity index (χ1) is 8.11. The molecule has 1 aromatic carbocycles. The van der Waals surface area contributed by atoms with Crippen LogP contribution in [0.1, 0.15) is 10.5 Å². The van der Waals surface area contributed by atoms with Crippen molar-refractivity contribution in [1.29, 1.82) is 0 Å². The van der Waals surface area contributed by atoms with Crippen LogP contribution in [-0.4, -0.2) is 22.8 Å². The Labute approximate surface area is 98.8 Å². The molecule has 88 valence electrons. The molecule has 5 heteroatoms. The Kier molecular flexibility index (Phi) is 2.82. The van der Waals surface area contributed by atoms with E-state index in [2.05, 4.69) is 5.10 Å². The van der Waals surface area contributed by atoms with Gasteiger partial charge in [0.2, 0.25) is 0 Å². The van der Waals surface area contributed by atoms with Crippen LogP contribution in [-0.2, 0) is 7.05 Å². The number of carbonyl (C=O) groups is 1. The van der Waals surface area contributed by atoms with Gasteiger partial charge in [-0.1, -0.05) is 12.1 Å². The number of nitrogens with zero attached hydrogens (tertiary/aromatic N) is 2. The molecule has 1 amide bonds. The summed E-state index contributed by atoms with van der Waals surface area (Å²) < 4.78 is 6.60. The fourth-order valence-electron chi connectivity index (χ4n) is 1.62. The van der Waals surface area contributed by atoms with Crippen LogP contribution in [0.4, 0.5) is 0 Å². The first-order valence-electron chi connectivity index (χ1n) is 5.10. The van der Waals surface area contributed by atoms with E-state index in [0.29, 0.717) is 11.4 Å². The Bertz CT molecular complexity index is 561. The lowest BCUT2D eigenvalue weighted by Gasteiger charge is -2.01. The van der Waals surface area contributed by atoms with Gasteiger partial charge in [0.1, 0.15) is 11.4 Å². The molecule has 0 aliphatic carbocycles. The summed E-state index contributed by atoms with van der Waals surface area (Å²) in [5.41, 5.74) is 7.19. The van der Waals surface area contributed by atoms with Crippen LogP contribution in [0.5, 0.6) is 5.75 Å². The van der Waals surface area contributed by atoms with Gasteiger partial charge >= 0.3 is 0 Å². The highest BCUT2D eigenvalue weighted by molar-refractivity contribution is 5.92. The number of primary amides is 1. The summed E-state index contributed by atoms with van der Waals surface area (Å²) in [7, 11) is 3.29. The molecule has 0 saturated carbocycles. The first kappa shape index (κ1) is 11.2. The Hall–Kier alpha value is -2.30. The number of amides is 1. The Balaban J connectivity index is 2.46. The maximum Gasteiger partial charge on any atom is 0.266 e. The zero-order valence-electron chi connectivity index (χ0n) is 9.68. The average Bonchev–Trinajstić information content (AvgIpc) is 2.71. The normalized spacial score (nSPS) is 10.2. The number of rotatable bonds is 3. The maximum atomic E-state index is 11.1. The third-order valence-corrected chi connectivity index (χ3v) is 2.50. The molecule has 0 saturated heterocycles. The molecule has 0 fully saturated rings. The van der Waals surface area contributed by atoms with E-state index in [4.69, 9.17) is 10.5 Å². The Morgan fingerprint density at radius 2 is 2.18 bits per heavy atom. The van der Waals surface area contributed by atoms with E-state index < -0.39 is 5.91 Å². The molecule has 0 aliphatic heterocycles. The summed E-state index contributed by atoms with van der Waals surface area (Å²) in [6.45, 7) is 0. The van der Waals surface area contributed by atoms with Crippen LogP contribution in [0.15, 0.2) is 30.3 Å². The molecule has 0 atom stereocenters. The Morgan fingerprint density at radius 1 is 1.41 bits per heavy atom. The molecule has 2 rings (SSSR count). The van der Waals surface area contributed by atoms with Gasteiger partial charge in [0.05, 0.1) is 12.8 Å². The topological polar surface area (TPSA) is 70.1 Å². The van der Waals surface area contributed by atoms with Gasteiger partial charge in [0, 0.05) is 12.6 Å². The second-order valence-electron chi connectivity index (χ2n) is 3.63. The van der Waals surface area contributed by atoms with E-state index in [-0.39, 0.29) is 0 Å². The molecule has 0 unspecified atom stereocenters. The number of nitrogens with two attached hydrogens (primary N) is 1. The second kappa shape index (κ2) is 4.29. The van der Waals surface area contributed by atoms with Crippen molar-refractivity contribution < 1.29 is 9.53 Å². The zero-order chi connectivity index (χ0) is 12.4. The van der Waals surface area contributed by atoms with Crippen LogP contribution in [0, 0.1) is 0 Å². The van der Waals surface area contributed by atoms with Crippen molar-refractivity contribution >= 4 is 5.91 Å². The molecular weight excluding hydrogens is 218 g/mol. The molecule has 0 bridgehead atoms. The third kappa shape index (κ3) is 2.13. The van der Waals surface area contributed by atoms with E-state index in [0.717, 1.165) is 11.3 Å². The first-order valence-corrected chi connectivity index (χ1v) is 5.10. The minimum absolute atomic E-state index is 0.378. The fraction of sp³-hybridized carbons (Fsp3) is 0.167. The van der Waals surface area contributed by atoms with Crippen molar-refractivity contribution in [2.24, 2.45) is 12.8 Å². The molecule has 1 heterocycles. The molecule has 17 heavy (non-hydrogen) atoms. The second-order valence-corrected chi connectivity index (χ2v) is 3.63. The third-order valence-electron chi connectivity index (χ3n) is 2.50. The van der Waals surface area contributed by atoms with Crippen LogP contribution in [0.25, 0.3) is 11.3 Å². The van der Waals surface area contributed by atoms with Gasteiger partial charge in [-0.25, -0.2) is 0 Å². The fourth-order valence-corrected chi connectivity index (χ4v) is 1.62. The van der Waals surface area contributed by atoms with E-state index in [9.17, 15) is 4.79 Å². The van der Waals surface area contributed by atoms with Crippen LogP contribution >= 0.6 is 0 Å². The van der Waals surface area contributed by atoms with E-state index in [1.807, 2.05) is 24.3 Å². The summed E-state index contributed by atoms with van der Waals surface area (Å²) >= 11 is 0. The lowest BCUT2D eigenvalue weighted by atomic mass is 10.1. The number of hydrogen-bond acceptors (Lipinski definition) is 3. The smallest absolute Gasteiger partial charge is 0.266 e. The Morgan fingerprint density at radius 3 is 2.76 bits per heavy atom. The van der Waals surface area contributed by atoms with Crippen LogP contribution in [0.3, 0.4) is 0 Å². The SMILES string of the molecule is COc1cccc(-c2cc(C(N)=O)n(C)n2)c1. The molecule has 0 radical (unpaired) electrons. The van der Waals surface area contributed by atoms with Crippen LogP contribution < -0.4 is 10.5 Å². The number of methoxy groups -OCH3 is 1. The minimum atomic E-state index is -0.492. The van der Waals surface area contributed by atoms with E-state index >= 15 is 0 Å². The van der Waals surface area contributed by atoms with Crippen molar-refractivity contribution in [1.82, 2.24) is 9.78 Å². The van der Waals surface area contributed by atoms with Crippen molar-refractivity contribution in [3.63, 3.8) is 0 Å². The largest absolute Gasteiger partial charge is 0.497 e.